The van der Waals surface area contributed by atoms with Gasteiger partial charge < -0.3 is 9.47 Å². The number of carbonyl (C=O) groups is 2. The van der Waals surface area contributed by atoms with Crippen LogP contribution in [-0.4, -0.2) is 32.4 Å². The predicted molar refractivity (Wildman–Crippen MR) is 113 cm³/mol. The molecule has 0 saturated carbocycles. The van der Waals surface area contributed by atoms with Gasteiger partial charge in [-0.15, -0.1) is 0 Å². The molecular weight excluding hydrogens is 404 g/mol. The zero-order valence-corrected chi connectivity index (χ0v) is 18.0. The van der Waals surface area contributed by atoms with Gasteiger partial charge in [-0.05, 0) is 28.8 Å². The zero-order chi connectivity index (χ0) is 21.9. The van der Waals surface area contributed by atoms with Crippen molar-refractivity contribution in [3.8, 4) is 0 Å². The standard InChI is InChI=1S/C23H24O6S/c1-4-20(24)28-23(29-21(25)5-2)15-19(22(23)17-9-7-6-8-10-17)16-11-13-18(14-12-16)30(3,26)27/h6-14H,4-5,15H2,1-3H3. The van der Waals surface area contributed by atoms with E-state index < -0.39 is 27.6 Å². The maximum atomic E-state index is 12.2. The minimum Gasteiger partial charge on any atom is -0.417 e. The summed E-state index contributed by atoms with van der Waals surface area (Å²) in [5.74, 6) is -2.44. The van der Waals surface area contributed by atoms with Crippen molar-refractivity contribution in [2.75, 3.05) is 6.26 Å². The van der Waals surface area contributed by atoms with Gasteiger partial charge in [-0.25, -0.2) is 8.42 Å². The lowest BCUT2D eigenvalue weighted by atomic mass is 9.74. The van der Waals surface area contributed by atoms with Crippen molar-refractivity contribution in [1.82, 2.24) is 0 Å². The molecule has 2 aromatic rings. The highest BCUT2D eigenvalue weighted by molar-refractivity contribution is 7.90. The number of sulfone groups is 1. The molecule has 0 N–H and O–H groups in total. The molecule has 158 valence electrons. The van der Waals surface area contributed by atoms with E-state index in [1.165, 1.54) is 12.1 Å². The van der Waals surface area contributed by atoms with Crippen LogP contribution in [0.25, 0.3) is 11.1 Å². The fourth-order valence-corrected chi connectivity index (χ4v) is 4.02. The lowest BCUT2D eigenvalue weighted by Crippen LogP contribution is -2.47. The Bertz CT molecular complexity index is 1060. The molecule has 1 aliphatic carbocycles. The largest absolute Gasteiger partial charge is 0.417 e. The average Bonchev–Trinajstić information content (AvgIpc) is 2.71. The van der Waals surface area contributed by atoms with E-state index in [1.807, 2.05) is 30.3 Å². The summed E-state index contributed by atoms with van der Waals surface area (Å²) in [6, 6.07) is 15.8. The van der Waals surface area contributed by atoms with Crippen LogP contribution in [0.15, 0.2) is 59.5 Å². The lowest BCUT2D eigenvalue weighted by molar-refractivity contribution is -0.209. The summed E-state index contributed by atoms with van der Waals surface area (Å²) in [5, 5.41) is 0. The van der Waals surface area contributed by atoms with Crippen molar-refractivity contribution < 1.29 is 27.5 Å². The molecule has 0 saturated heterocycles. The molecule has 6 nitrogen and oxygen atoms in total. The van der Waals surface area contributed by atoms with Crippen molar-refractivity contribution >= 4 is 32.9 Å². The van der Waals surface area contributed by atoms with Gasteiger partial charge in [0.1, 0.15) is 0 Å². The Labute approximate surface area is 176 Å². The third kappa shape index (κ3) is 4.31. The van der Waals surface area contributed by atoms with E-state index in [4.69, 9.17) is 9.47 Å². The molecule has 3 rings (SSSR count). The second-order valence-electron chi connectivity index (χ2n) is 7.10. The lowest BCUT2D eigenvalue weighted by Gasteiger charge is -2.44. The third-order valence-corrected chi connectivity index (χ3v) is 6.05. The fourth-order valence-electron chi connectivity index (χ4n) is 3.39. The van der Waals surface area contributed by atoms with Gasteiger partial charge in [0.25, 0.3) is 5.79 Å². The Hall–Kier alpha value is -2.93. The molecular formula is C23H24O6S. The number of hydrogen-bond acceptors (Lipinski definition) is 6. The molecule has 0 heterocycles. The summed E-state index contributed by atoms with van der Waals surface area (Å²) >= 11 is 0. The van der Waals surface area contributed by atoms with Crippen LogP contribution in [0.5, 0.6) is 0 Å². The third-order valence-electron chi connectivity index (χ3n) is 4.92. The Morgan fingerprint density at radius 1 is 0.867 bits per heavy atom. The van der Waals surface area contributed by atoms with E-state index in [0.717, 1.165) is 23.0 Å². The second-order valence-corrected chi connectivity index (χ2v) is 9.12. The summed E-state index contributed by atoms with van der Waals surface area (Å²) < 4.78 is 34.8. The molecule has 2 aromatic carbocycles. The molecule has 7 heteroatoms. The minimum atomic E-state index is -3.32. The van der Waals surface area contributed by atoms with Crippen molar-refractivity contribution in [3.05, 3.63) is 65.7 Å². The van der Waals surface area contributed by atoms with Gasteiger partial charge in [0.05, 0.1) is 11.3 Å². The van der Waals surface area contributed by atoms with Crippen LogP contribution >= 0.6 is 0 Å². The maximum absolute atomic E-state index is 12.2. The molecule has 0 fully saturated rings. The first-order valence-electron chi connectivity index (χ1n) is 9.73. The van der Waals surface area contributed by atoms with Gasteiger partial charge in [-0.1, -0.05) is 56.3 Å². The molecule has 0 atom stereocenters. The van der Waals surface area contributed by atoms with Crippen molar-refractivity contribution in [2.24, 2.45) is 0 Å². The van der Waals surface area contributed by atoms with Crippen LogP contribution in [0.4, 0.5) is 0 Å². The number of carbonyl (C=O) groups excluding carboxylic acids is 2. The quantitative estimate of drug-likeness (QED) is 0.489. The second kappa shape index (κ2) is 8.44. The van der Waals surface area contributed by atoms with Crippen LogP contribution in [-0.2, 0) is 28.9 Å². The van der Waals surface area contributed by atoms with Crippen molar-refractivity contribution in [1.29, 1.82) is 0 Å². The maximum Gasteiger partial charge on any atom is 0.309 e. The van der Waals surface area contributed by atoms with Gasteiger partial charge >= 0.3 is 11.9 Å². The SMILES string of the molecule is CCC(=O)OC1(OC(=O)CC)CC(c2ccc(S(C)(=O)=O)cc2)=C1c1ccccc1. The summed E-state index contributed by atoms with van der Waals surface area (Å²) in [4.78, 5) is 24.5. The Morgan fingerprint density at radius 3 is 1.87 bits per heavy atom. The number of hydrogen-bond donors (Lipinski definition) is 0. The molecule has 0 aliphatic heterocycles. The van der Waals surface area contributed by atoms with Crippen molar-refractivity contribution in [3.63, 3.8) is 0 Å². The summed E-state index contributed by atoms with van der Waals surface area (Å²) in [5.41, 5.74) is 2.96. The Balaban J connectivity index is 2.14. The van der Waals surface area contributed by atoms with E-state index in [2.05, 4.69) is 0 Å². The van der Waals surface area contributed by atoms with E-state index in [1.54, 1.807) is 26.0 Å². The fraction of sp³-hybridized carbons (Fsp3) is 0.304. The van der Waals surface area contributed by atoms with Crippen molar-refractivity contribution in [2.45, 2.75) is 43.8 Å². The van der Waals surface area contributed by atoms with E-state index in [9.17, 15) is 18.0 Å². The summed E-state index contributed by atoms with van der Waals surface area (Å²) in [6.45, 7) is 3.35. The molecule has 0 aromatic heterocycles. The van der Waals surface area contributed by atoms with Crippen LogP contribution in [0.1, 0.15) is 44.2 Å². The van der Waals surface area contributed by atoms with Gasteiger partial charge in [0, 0.05) is 24.7 Å². The minimum absolute atomic E-state index is 0.145. The Morgan fingerprint density at radius 2 is 1.40 bits per heavy atom. The van der Waals surface area contributed by atoms with Crippen LogP contribution < -0.4 is 0 Å². The van der Waals surface area contributed by atoms with Crippen LogP contribution in [0, 0.1) is 0 Å². The summed E-state index contributed by atoms with van der Waals surface area (Å²) in [7, 11) is -3.32. The predicted octanol–water partition coefficient (Wildman–Crippen LogP) is 4.01. The van der Waals surface area contributed by atoms with E-state index in [0.29, 0.717) is 5.57 Å². The monoisotopic (exact) mass is 428 g/mol. The van der Waals surface area contributed by atoms with Gasteiger partial charge in [0.2, 0.25) is 0 Å². The summed E-state index contributed by atoms with van der Waals surface area (Å²) in [6.07, 6.45) is 1.63. The normalized spacial score (nSPS) is 15.3. The molecule has 0 spiro atoms. The van der Waals surface area contributed by atoms with Gasteiger partial charge in [-0.3, -0.25) is 9.59 Å². The topological polar surface area (TPSA) is 86.7 Å². The average molecular weight is 429 g/mol. The first-order chi connectivity index (χ1) is 14.2. The molecule has 0 radical (unpaired) electrons. The highest BCUT2D eigenvalue weighted by Gasteiger charge is 2.53. The number of benzene rings is 2. The number of ether oxygens (including phenoxy) is 2. The zero-order valence-electron chi connectivity index (χ0n) is 17.2. The molecule has 0 amide bonds. The molecule has 0 bridgehead atoms. The Kier molecular flexibility index (Phi) is 6.12. The van der Waals surface area contributed by atoms with Crippen LogP contribution in [0.3, 0.4) is 0 Å². The molecule has 1 aliphatic rings. The first-order valence-corrected chi connectivity index (χ1v) is 11.6. The van der Waals surface area contributed by atoms with E-state index in [-0.39, 0.29) is 24.2 Å². The molecule has 30 heavy (non-hydrogen) atoms. The first kappa shape index (κ1) is 21.8. The smallest absolute Gasteiger partial charge is 0.309 e. The number of esters is 2. The van der Waals surface area contributed by atoms with Gasteiger partial charge in [-0.2, -0.15) is 0 Å². The van der Waals surface area contributed by atoms with E-state index >= 15 is 0 Å². The highest BCUT2D eigenvalue weighted by Crippen LogP contribution is 2.53. The van der Waals surface area contributed by atoms with Crippen LogP contribution in [0.2, 0.25) is 0 Å². The number of rotatable bonds is 7. The van der Waals surface area contributed by atoms with Gasteiger partial charge in [0.15, 0.2) is 9.84 Å². The molecule has 0 unspecified atom stereocenters. The highest BCUT2D eigenvalue weighted by atomic mass is 32.2.